The Bertz CT molecular complexity index is 1540. The number of imidazole rings is 1. The number of fused-ring (bicyclic) bond motifs is 3. The number of rotatable bonds is 3. The lowest BCUT2D eigenvalue weighted by Gasteiger charge is -2.14. The topological polar surface area (TPSA) is 63.7 Å². The van der Waals surface area contributed by atoms with Crippen LogP contribution in [0.4, 0.5) is 4.39 Å². The van der Waals surface area contributed by atoms with Gasteiger partial charge in [0.25, 0.3) is 0 Å². The zero-order valence-corrected chi connectivity index (χ0v) is 19.2. The third-order valence-corrected chi connectivity index (χ3v) is 6.78. The van der Waals surface area contributed by atoms with Crippen LogP contribution in [0.1, 0.15) is 53.8 Å². The molecular weight excluding hydrogens is 451 g/mol. The van der Waals surface area contributed by atoms with Crippen LogP contribution in [0.25, 0.3) is 16.7 Å². The van der Waals surface area contributed by atoms with Gasteiger partial charge >= 0.3 is 0 Å². The minimum Gasteiger partial charge on any atom is -0.488 e. The number of benzene rings is 2. The average Bonchev–Trinajstić information content (AvgIpc) is 3.63. The van der Waals surface area contributed by atoms with Gasteiger partial charge < -0.3 is 9.30 Å². The molecule has 1 saturated carbocycles. The molecule has 5 nitrogen and oxygen atoms in total. The molecule has 1 aliphatic carbocycles. The zero-order chi connectivity index (χ0) is 23.4. The summed E-state index contributed by atoms with van der Waals surface area (Å²) in [4.78, 5) is 9.38. The Hall–Kier alpha value is -3.69. The minimum absolute atomic E-state index is 0.284. The van der Waals surface area contributed by atoms with Crippen molar-refractivity contribution in [1.82, 2.24) is 14.5 Å². The van der Waals surface area contributed by atoms with Gasteiger partial charge in [-0.1, -0.05) is 23.7 Å². The molecular formula is C27H20ClFN4O. The van der Waals surface area contributed by atoms with Crippen molar-refractivity contribution in [3.63, 3.8) is 0 Å². The van der Waals surface area contributed by atoms with E-state index in [2.05, 4.69) is 27.8 Å². The maximum Gasteiger partial charge on any atom is 0.161 e. The first kappa shape index (κ1) is 20.9. The summed E-state index contributed by atoms with van der Waals surface area (Å²) in [5.74, 6) is 1.53. The second kappa shape index (κ2) is 7.96. The van der Waals surface area contributed by atoms with Gasteiger partial charge in [-0.2, -0.15) is 5.26 Å². The Balaban J connectivity index is 1.45. The Morgan fingerprint density at radius 1 is 1.21 bits per heavy atom. The molecule has 0 N–H and O–H groups in total. The smallest absolute Gasteiger partial charge is 0.161 e. The highest BCUT2D eigenvalue weighted by molar-refractivity contribution is 6.34. The quantitative estimate of drug-likeness (QED) is 0.325. The normalized spacial score (nSPS) is 16.3. The Labute approximate surface area is 201 Å². The van der Waals surface area contributed by atoms with Crippen molar-refractivity contribution in [3.8, 4) is 11.8 Å². The molecule has 0 radical (unpaired) electrons. The number of halogens is 2. The van der Waals surface area contributed by atoms with E-state index in [1.54, 1.807) is 25.3 Å². The lowest BCUT2D eigenvalue weighted by molar-refractivity contribution is 0.305. The number of hydrogen-bond donors (Lipinski definition) is 0. The number of allylic oxidation sites excluding steroid dienone is 1. The molecule has 0 spiro atoms. The Morgan fingerprint density at radius 2 is 2.03 bits per heavy atom. The van der Waals surface area contributed by atoms with Crippen LogP contribution >= 0.6 is 11.6 Å². The van der Waals surface area contributed by atoms with Crippen molar-refractivity contribution in [3.05, 3.63) is 93.2 Å². The highest BCUT2D eigenvalue weighted by Gasteiger charge is 2.31. The Kier molecular flexibility index (Phi) is 4.89. The maximum absolute atomic E-state index is 13.9. The molecule has 3 heterocycles. The third-order valence-electron chi connectivity index (χ3n) is 6.48. The van der Waals surface area contributed by atoms with Crippen molar-refractivity contribution in [2.75, 3.05) is 0 Å². The van der Waals surface area contributed by atoms with Crippen LogP contribution in [0.2, 0.25) is 5.02 Å². The molecule has 2 aliphatic rings. The average molecular weight is 471 g/mol. The number of hydrogen-bond acceptors (Lipinski definition) is 4. The summed E-state index contributed by atoms with van der Waals surface area (Å²) in [7, 11) is 0. The molecule has 0 atom stereocenters. The summed E-state index contributed by atoms with van der Waals surface area (Å²) < 4.78 is 22.1. The molecule has 0 bridgehead atoms. The standard InChI is InChI=1S/C27H20ClFN4O/c1-15(12-30)24-20-6-2-16(10-18(20)14-34-23-11-19(29)5-7-21(23)24)13-33-26(17-3-4-17)32-25-22(28)8-9-31-27(25)33/h2,5-11,17H,3-4,13-14H2,1H3/b24-15+. The summed E-state index contributed by atoms with van der Waals surface area (Å²) in [6.45, 7) is 2.66. The lowest BCUT2D eigenvalue weighted by atomic mass is 9.90. The lowest BCUT2D eigenvalue weighted by Crippen LogP contribution is -2.06. The van der Waals surface area contributed by atoms with Crippen LogP contribution < -0.4 is 4.74 Å². The maximum atomic E-state index is 13.9. The van der Waals surface area contributed by atoms with E-state index in [4.69, 9.17) is 21.3 Å². The third kappa shape index (κ3) is 3.44. The first-order chi connectivity index (χ1) is 16.5. The second-order valence-electron chi connectivity index (χ2n) is 8.83. The summed E-state index contributed by atoms with van der Waals surface area (Å²) in [5.41, 5.74) is 6.51. The van der Waals surface area contributed by atoms with Crippen molar-refractivity contribution in [2.45, 2.75) is 38.8 Å². The fourth-order valence-electron chi connectivity index (χ4n) is 4.69. The van der Waals surface area contributed by atoms with Crippen LogP contribution in [0.3, 0.4) is 0 Å². The first-order valence-corrected chi connectivity index (χ1v) is 11.6. The van der Waals surface area contributed by atoms with Gasteiger partial charge in [-0.3, -0.25) is 0 Å². The summed E-state index contributed by atoms with van der Waals surface area (Å²) in [5, 5.41) is 10.3. The highest BCUT2D eigenvalue weighted by Crippen LogP contribution is 2.42. The fourth-order valence-corrected chi connectivity index (χ4v) is 4.87. The summed E-state index contributed by atoms with van der Waals surface area (Å²) in [6, 6.07) is 14.7. The molecule has 2 aromatic heterocycles. The van der Waals surface area contributed by atoms with E-state index in [1.807, 2.05) is 6.07 Å². The summed E-state index contributed by atoms with van der Waals surface area (Å²) in [6.07, 6.45) is 3.95. The number of nitrogens with zero attached hydrogens (tertiary/aromatic N) is 4. The van der Waals surface area contributed by atoms with E-state index in [9.17, 15) is 9.65 Å². The van der Waals surface area contributed by atoms with Gasteiger partial charge in [0.05, 0.1) is 17.6 Å². The monoisotopic (exact) mass is 470 g/mol. The first-order valence-electron chi connectivity index (χ1n) is 11.2. The van der Waals surface area contributed by atoms with E-state index in [0.29, 0.717) is 28.8 Å². The Morgan fingerprint density at radius 3 is 2.82 bits per heavy atom. The van der Waals surface area contributed by atoms with Crippen molar-refractivity contribution in [2.24, 2.45) is 0 Å². The zero-order valence-electron chi connectivity index (χ0n) is 18.5. The number of ether oxygens (including phenoxy) is 1. The van der Waals surface area contributed by atoms with Gasteiger partial charge in [-0.15, -0.1) is 0 Å². The molecule has 0 unspecified atom stereocenters. The van der Waals surface area contributed by atoms with Gasteiger partial charge in [-0.25, -0.2) is 14.4 Å². The van der Waals surface area contributed by atoms with E-state index < -0.39 is 0 Å². The molecule has 6 rings (SSSR count). The number of pyridine rings is 1. The van der Waals surface area contributed by atoms with Crippen molar-refractivity contribution in [1.29, 1.82) is 5.26 Å². The van der Waals surface area contributed by atoms with Gasteiger partial charge in [0.2, 0.25) is 0 Å². The van der Waals surface area contributed by atoms with E-state index >= 15 is 0 Å². The SMILES string of the molecule is C/C(C#N)=C1/c2ccc(Cn3c(C4CC4)nc4c(Cl)ccnc43)cc2COc2cc(F)ccc21. The van der Waals surface area contributed by atoms with E-state index in [-0.39, 0.29) is 12.4 Å². The number of nitriles is 1. The second-order valence-corrected chi connectivity index (χ2v) is 9.24. The predicted octanol–water partition coefficient (Wildman–Crippen LogP) is 6.39. The van der Waals surface area contributed by atoms with Crippen LogP contribution in [-0.4, -0.2) is 14.5 Å². The highest BCUT2D eigenvalue weighted by atomic mass is 35.5. The van der Waals surface area contributed by atoms with Gasteiger partial charge in [0.15, 0.2) is 5.65 Å². The largest absolute Gasteiger partial charge is 0.488 e. The van der Waals surface area contributed by atoms with Gasteiger partial charge in [0, 0.05) is 34.9 Å². The van der Waals surface area contributed by atoms with Crippen LogP contribution in [0.15, 0.2) is 54.2 Å². The fraction of sp³-hybridized carbons (Fsp3) is 0.222. The molecule has 168 valence electrons. The molecule has 2 aromatic carbocycles. The van der Waals surface area contributed by atoms with E-state index in [0.717, 1.165) is 57.7 Å². The molecule has 4 aromatic rings. The van der Waals surface area contributed by atoms with Crippen LogP contribution in [0, 0.1) is 17.1 Å². The van der Waals surface area contributed by atoms with Gasteiger partial charge in [0.1, 0.15) is 29.5 Å². The van der Waals surface area contributed by atoms with Crippen molar-refractivity contribution < 1.29 is 9.13 Å². The molecule has 34 heavy (non-hydrogen) atoms. The molecule has 7 heteroatoms. The predicted molar refractivity (Wildman–Crippen MR) is 128 cm³/mol. The summed E-state index contributed by atoms with van der Waals surface area (Å²) >= 11 is 6.41. The molecule has 1 fully saturated rings. The van der Waals surface area contributed by atoms with Gasteiger partial charge in [-0.05, 0) is 60.7 Å². The molecule has 1 aliphatic heterocycles. The number of aromatic nitrogens is 3. The minimum atomic E-state index is -0.370. The van der Waals surface area contributed by atoms with Crippen molar-refractivity contribution >= 4 is 28.3 Å². The molecule has 0 amide bonds. The van der Waals surface area contributed by atoms with E-state index in [1.165, 1.54) is 12.1 Å². The van der Waals surface area contributed by atoms with Crippen LogP contribution in [-0.2, 0) is 13.2 Å². The van der Waals surface area contributed by atoms with Crippen LogP contribution in [0.5, 0.6) is 5.75 Å². The molecule has 0 saturated heterocycles.